The van der Waals surface area contributed by atoms with Crippen molar-refractivity contribution >= 4 is 17.7 Å². The molecule has 11 heteroatoms. The van der Waals surface area contributed by atoms with E-state index in [1.165, 1.54) is 10.9 Å². The molecule has 0 unspecified atom stereocenters. The second-order valence-electron chi connectivity index (χ2n) is 13.4. The van der Waals surface area contributed by atoms with E-state index in [0.717, 1.165) is 56.0 Å². The van der Waals surface area contributed by atoms with E-state index in [4.69, 9.17) is 14.2 Å². The second kappa shape index (κ2) is 13.8. The molecule has 2 N–H and O–H groups in total. The fourth-order valence-corrected chi connectivity index (χ4v) is 4.82. The van der Waals surface area contributed by atoms with E-state index in [-0.39, 0.29) is 22.6 Å². The SMILES string of the molecule is COc1c(CCN2CCOCC2)cc(C(C)(C)C)cc1NC(=O)c1ccc(C)c(-n2cc(OC(=O)NCC(C)(C)C)nn2)c1. The van der Waals surface area contributed by atoms with Gasteiger partial charge in [-0.25, -0.2) is 9.48 Å². The third-order valence-corrected chi connectivity index (χ3v) is 7.44. The standard InChI is InChI=1S/C33H46N6O5/c1-22-9-10-24(18-27(22)39-20-28(36-37-39)44-31(41)34-21-32(2,3)4)30(40)35-26-19-25(33(5,6)7)17-23(29(26)42-8)11-12-38-13-15-43-16-14-38/h9-10,17-20H,11-16,21H2,1-8H3,(H,34,41)(H,35,40). The van der Waals surface area contributed by atoms with Crippen LogP contribution >= 0.6 is 0 Å². The summed E-state index contributed by atoms with van der Waals surface area (Å²) in [7, 11) is 1.64. The third-order valence-electron chi connectivity index (χ3n) is 7.44. The van der Waals surface area contributed by atoms with Crippen LogP contribution in [0.25, 0.3) is 5.69 Å². The van der Waals surface area contributed by atoms with Crippen LogP contribution in [0.5, 0.6) is 11.6 Å². The predicted molar refractivity (Wildman–Crippen MR) is 170 cm³/mol. The van der Waals surface area contributed by atoms with Crippen LogP contribution in [-0.2, 0) is 16.6 Å². The van der Waals surface area contributed by atoms with Gasteiger partial charge in [-0.05, 0) is 59.1 Å². The number of anilines is 1. The summed E-state index contributed by atoms with van der Waals surface area (Å²) in [6.07, 6.45) is 1.69. The monoisotopic (exact) mass is 606 g/mol. The molecule has 238 valence electrons. The maximum atomic E-state index is 13.6. The van der Waals surface area contributed by atoms with Crippen molar-refractivity contribution < 1.29 is 23.8 Å². The molecule has 2 amide bonds. The highest BCUT2D eigenvalue weighted by Crippen LogP contribution is 2.36. The number of morpholine rings is 1. The molecule has 4 rings (SSSR count). The third kappa shape index (κ3) is 8.79. The van der Waals surface area contributed by atoms with Crippen molar-refractivity contribution in [3.63, 3.8) is 0 Å². The van der Waals surface area contributed by atoms with Gasteiger partial charge in [-0.2, -0.15) is 0 Å². The normalized spacial score (nSPS) is 14.3. The van der Waals surface area contributed by atoms with Gasteiger partial charge in [0, 0.05) is 31.7 Å². The number of nitrogens with one attached hydrogen (secondary N) is 2. The number of benzene rings is 2. The molecule has 0 radical (unpaired) electrons. The van der Waals surface area contributed by atoms with E-state index in [1.807, 2.05) is 39.8 Å². The largest absolute Gasteiger partial charge is 0.494 e. The highest BCUT2D eigenvalue weighted by molar-refractivity contribution is 6.05. The molecule has 2 heterocycles. The van der Waals surface area contributed by atoms with Gasteiger partial charge in [-0.3, -0.25) is 9.69 Å². The quantitative estimate of drug-likeness (QED) is 0.344. The van der Waals surface area contributed by atoms with Crippen LogP contribution in [-0.4, -0.2) is 78.4 Å². The summed E-state index contributed by atoms with van der Waals surface area (Å²) in [6.45, 7) is 19.0. The van der Waals surface area contributed by atoms with Crippen molar-refractivity contribution in [3.05, 3.63) is 58.8 Å². The second-order valence-corrected chi connectivity index (χ2v) is 13.4. The van der Waals surface area contributed by atoms with Crippen LogP contribution in [0.3, 0.4) is 0 Å². The number of ether oxygens (including phenoxy) is 3. The van der Waals surface area contributed by atoms with Gasteiger partial charge in [0.15, 0.2) is 0 Å². The molecule has 44 heavy (non-hydrogen) atoms. The number of hydrogen-bond donors (Lipinski definition) is 2. The molecule has 1 aliphatic rings. The molecule has 0 aliphatic carbocycles. The minimum Gasteiger partial charge on any atom is -0.494 e. The number of nitrogens with zero attached hydrogens (tertiary/aromatic N) is 4. The molecule has 3 aromatic rings. The van der Waals surface area contributed by atoms with Crippen molar-refractivity contribution in [2.75, 3.05) is 51.8 Å². The first-order chi connectivity index (χ1) is 20.7. The first-order valence-corrected chi connectivity index (χ1v) is 15.1. The lowest BCUT2D eigenvalue weighted by atomic mass is 9.85. The lowest BCUT2D eigenvalue weighted by Gasteiger charge is -2.28. The van der Waals surface area contributed by atoms with Crippen LogP contribution in [0.4, 0.5) is 10.5 Å². The maximum Gasteiger partial charge on any atom is 0.414 e. The van der Waals surface area contributed by atoms with E-state index in [2.05, 4.69) is 52.7 Å². The number of rotatable bonds is 9. The molecule has 11 nitrogen and oxygen atoms in total. The van der Waals surface area contributed by atoms with Crippen LogP contribution in [0.1, 0.15) is 68.6 Å². The van der Waals surface area contributed by atoms with E-state index < -0.39 is 6.09 Å². The summed E-state index contributed by atoms with van der Waals surface area (Å²) in [5.74, 6) is 0.432. The van der Waals surface area contributed by atoms with Crippen molar-refractivity contribution in [1.82, 2.24) is 25.2 Å². The zero-order valence-electron chi connectivity index (χ0n) is 27.2. The smallest absolute Gasteiger partial charge is 0.414 e. The number of methoxy groups -OCH3 is 1. The Kier molecular flexibility index (Phi) is 10.3. The molecule has 1 aliphatic heterocycles. The van der Waals surface area contributed by atoms with Gasteiger partial charge in [0.1, 0.15) is 5.75 Å². The van der Waals surface area contributed by atoms with Gasteiger partial charge in [-0.15, -0.1) is 0 Å². The molecule has 0 spiro atoms. The summed E-state index contributed by atoms with van der Waals surface area (Å²) in [5.41, 5.74) is 4.50. The van der Waals surface area contributed by atoms with Crippen LogP contribution in [0.2, 0.25) is 0 Å². The Morgan fingerprint density at radius 3 is 2.43 bits per heavy atom. The number of carbonyl (C=O) groups excluding carboxylic acids is 2. The van der Waals surface area contributed by atoms with Gasteiger partial charge >= 0.3 is 6.09 Å². The van der Waals surface area contributed by atoms with Gasteiger partial charge < -0.3 is 24.8 Å². The van der Waals surface area contributed by atoms with E-state index in [9.17, 15) is 9.59 Å². The maximum absolute atomic E-state index is 13.6. The highest BCUT2D eigenvalue weighted by Gasteiger charge is 2.22. The molecule has 0 saturated carbocycles. The summed E-state index contributed by atoms with van der Waals surface area (Å²) < 4.78 is 18.2. The highest BCUT2D eigenvalue weighted by atomic mass is 16.6. The molecule has 1 fully saturated rings. The first kappa shape index (κ1) is 32.9. The molecular weight excluding hydrogens is 560 g/mol. The molecule has 2 aromatic carbocycles. The fourth-order valence-electron chi connectivity index (χ4n) is 4.82. The minimum atomic E-state index is -0.604. The van der Waals surface area contributed by atoms with E-state index >= 15 is 0 Å². The van der Waals surface area contributed by atoms with Gasteiger partial charge in [0.2, 0.25) is 0 Å². The van der Waals surface area contributed by atoms with Crippen LogP contribution < -0.4 is 20.1 Å². The Bertz CT molecular complexity index is 1460. The lowest BCUT2D eigenvalue weighted by Crippen LogP contribution is -2.37. The van der Waals surface area contributed by atoms with Gasteiger partial charge in [-0.1, -0.05) is 64.0 Å². The van der Waals surface area contributed by atoms with Crippen molar-refractivity contribution in [3.8, 4) is 17.3 Å². The topological polar surface area (TPSA) is 120 Å². The van der Waals surface area contributed by atoms with E-state index in [1.54, 1.807) is 19.2 Å². The number of aromatic nitrogens is 3. The zero-order valence-corrected chi connectivity index (χ0v) is 27.2. The average molecular weight is 607 g/mol. The lowest BCUT2D eigenvalue weighted by molar-refractivity contribution is 0.0384. The Morgan fingerprint density at radius 2 is 1.77 bits per heavy atom. The number of carbonyl (C=O) groups is 2. The number of hydrogen-bond acceptors (Lipinski definition) is 8. The van der Waals surface area contributed by atoms with Gasteiger partial charge in [0.05, 0.1) is 37.9 Å². The number of amides is 2. The zero-order chi connectivity index (χ0) is 32.1. The summed E-state index contributed by atoms with van der Waals surface area (Å²) >= 11 is 0. The molecule has 0 bridgehead atoms. The summed E-state index contributed by atoms with van der Waals surface area (Å²) in [4.78, 5) is 28.2. The Labute approximate surface area is 260 Å². The van der Waals surface area contributed by atoms with Gasteiger partial charge in [0.25, 0.3) is 11.8 Å². The van der Waals surface area contributed by atoms with Crippen molar-refractivity contribution in [2.24, 2.45) is 5.41 Å². The summed E-state index contributed by atoms with van der Waals surface area (Å²) in [5, 5.41) is 13.9. The van der Waals surface area contributed by atoms with Crippen LogP contribution in [0, 0.1) is 12.3 Å². The summed E-state index contributed by atoms with van der Waals surface area (Å²) in [6, 6.07) is 9.53. The van der Waals surface area contributed by atoms with Crippen molar-refractivity contribution in [2.45, 2.75) is 60.3 Å². The fraction of sp³-hybridized carbons (Fsp3) is 0.515. The Balaban J connectivity index is 1.55. The Morgan fingerprint density at radius 1 is 1.05 bits per heavy atom. The first-order valence-electron chi connectivity index (χ1n) is 15.1. The molecule has 1 saturated heterocycles. The Hall–Kier alpha value is -3.96. The molecule has 0 atom stereocenters. The van der Waals surface area contributed by atoms with E-state index in [0.29, 0.717) is 29.2 Å². The molecule has 1 aromatic heterocycles. The predicted octanol–water partition coefficient (Wildman–Crippen LogP) is 5.14. The average Bonchev–Trinajstić information content (AvgIpc) is 3.42. The van der Waals surface area contributed by atoms with Crippen LogP contribution in [0.15, 0.2) is 36.5 Å². The number of aryl methyl sites for hydroxylation is 1. The minimum absolute atomic E-state index is 0.0546. The van der Waals surface area contributed by atoms with Crippen molar-refractivity contribution in [1.29, 1.82) is 0 Å². The molecular formula is C33H46N6O5.